The number of nitrogens with zero attached hydrogens (tertiary/aromatic N) is 2. The van der Waals surface area contributed by atoms with Crippen LogP contribution in [0.1, 0.15) is 17.4 Å². The van der Waals surface area contributed by atoms with Crippen LogP contribution in [0.15, 0.2) is 10.7 Å². The van der Waals surface area contributed by atoms with E-state index in [-0.39, 0.29) is 6.04 Å². The molecule has 0 bridgehead atoms. The molecule has 7 heteroatoms. The van der Waals surface area contributed by atoms with Gasteiger partial charge in [-0.15, -0.1) is 0 Å². The molecule has 0 unspecified atom stereocenters. The molecule has 2 N–H and O–H groups in total. The van der Waals surface area contributed by atoms with Crippen molar-refractivity contribution in [1.29, 1.82) is 0 Å². The summed E-state index contributed by atoms with van der Waals surface area (Å²) in [6, 6.07) is 1.26. The molecule has 1 aromatic rings. The summed E-state index contributed by atoms with van der Waals surface area (Å²) in [4.78, 5) is 21.0. The number of carboxylic acid groups (broad SMARTS) is 1. The predicted octanol–water partition coefficient (Wildman–Crippen LogP) is 1.11. The van der Waals surface area contributed by atoms with Gasteiger partial charge < -0.3 is 10.4 Å². The number of hydrogen-bond donors (Lipinski definition) is 2. The molecule has 1 atom stereocenters. The standard InChI is InChI=1S/C8H10BrN3O3/c1-5(10-8(14)15)3-12-6(4-13)2-7(9)11-12/h2,4-5,10H,3H2,1H3,(H,14,15)/t5-/m0/s1. The van der Waals surface area contributed by atoms with Crippen molar-refractivity contribution in [2.75, 3.05) is 0 Å². The van der Waals surface area contributed by atoms with Gasteiger partial charge in [-0.25, -0.2) is 4.79 Å². The van der Waals surface area contributed by atoms with Gasteiger partial charge in [0.15, 0.2) is 6.29 Å². The van der Waals surface area contributed by atoms with Crippen molar-refractivity contribution in [2.24, 2.45) is 0 Å². The minimum atomic E-state index is -1.10. The zero-order valence-corrected chi connectivity index (χ0v) is 9.56. The average Bonchev–Trinajstić information content (AvgIpc) is 2.44. The first-order chi connectivity index (χ1) is 7.02. The largest absolute Gasteiger partial charge is 0.465 e. The van der Waals surface area contributed by atoms with Crippen molar-refractivity contribution in [3.8, 4) is 0 Å². The first-order valence-electron chi connectivity index (χ1n) is 4.21. The SMILES string of the molecule is C[C@@H](Cn1nc(Br)cc1C=O)NC(=O)O. The molecule has 0 aliphatic carbocycles. The lowest BCUT2D eigenvalue weighted by molar-refractivity contribution is 0.111. The van der Waals surface area contributed by atoms with Crippen LogP contribution in [0.3, 0.4) is 0 Å². The molecule has 0 spiro atoms. The maximum absolute atomic E-state index is 10.6. The number of amides is 1. The fraction of sp³-hybridized carbons (Fsp3) is 0.375. The molecule has 15 heavy (non-hydrogen) atoms. The van der Waals surface area contributed by atoms with E-state index < -0.39 is 6.09 Å². The first kappa shape index (κ1) is 11.7. The van der Waals surface area contributed by atoms with E-state index in [4.69, 9.17) is 5.11 Å². The number of halogens is 1. The van der Waals surface area contributed by atoms with Crippen molar-refractivity contribution < 1.29 is 14.7 Å². The van der Waals surface area contributed by atoms with Crippen LogP contribution in [0.25, 0.3) is 0 Å². The molecule has 0 saturated carbocycles. The number of carbonyl (C=O) groups excluding carboxylic acids is 1. The highest BCUT2D eigenvalue weighted by atomic mass is 79.9. The number of carbonyl (C=O) groups is 2. The summed E-state index contributed by atoms with van der Waals surface area (Å²) < 4.78 is 1.99. The third kappa shape index (κ3) is 3.35. The summed E-state index contributed by atoms with van der Waals surface area (Å²) in [6.07, 6.45) is -0.424. The zero-order valence-electron chi connectivity index (χ0n) is 7.98. The Morgan fingerprint density at radius 2 is 2.53 bits per heavy atom. The van der Waals surface area contributed by atoms with Crippen molar-refractivity contribution in [3.63, 3.8) is 0 Å². The Hall–Kier alpha value is -1.37. The topological polar surface area (TPSA) is 84.2 Å². The monoisotopic (exact) mass is 275 g/mol. The quantitative estimate of drug-likeness (QED) is 0.807. The van der Waals surface area contributed by atoms with Crippen LogP contribution in [-0.2, 0) is 6.54 Å². The molecular formula is C8H10BrN3O3. The summed E-state index contributed by atoms with van der Waals surface area (Å²) in [6.45, 7) is 2.00. The van der Waals surface area contributed by atoms with Crippen LogP contribution < -0.4 is 5.32 Å². The average molecular weight is 276 g/mol. The van der Waals surface area contributed by atoms with E-state index in [9.17, 15) is 9.59 Å². The van der Waals surface area contributed by atoms with E-state index in [1.165, 1.54) is 4.68 Å². The van der Waals surface area contributed by atoms with Crippen LogP contribution in [0.4, 0.5) is 4.79 Å². The number of hydrogen-bond acceptors (Lipinski definition) is 3. The summed E-state index contributed by atoms with van der Waals surface area (Å²) in [5.41, 5.74) is 0.404. The van der Waals surface area contributed by atoms with E-state index >= 15 is 0 Å². The minimum absolute atomic E-state index is 0.311. The number of aromatic nitrogens is 2. The Balaban J connectivity index is 2.70. The first-order valence-corrected chi connectivity index (χ1v) is 5.00. The van der Waals surface area contributed by atoms with Crippen molar-refractivity contribution in [3.05, 3.63) is 16.4 Å². The van der Waals surface area contributed by atoms with Crippen molar-refractivity contribution in [1.82, 2.24) is 15.1 Å². The molecule has 1 amide bonds. The summed E-state index contributed by atoms with van der Waals surface area (Å²) in [7, 11) is 0. The smallest absolute Gasteiger partial charge is 0.404 e. The zero-order chi connectivity index (χ0) is 11.4. The van der Waals surface area contributed by atoms with Crippen molar-refractivity contribution in [2.45, 2.75) is 19.5 Å². The molecule has 0 radical (unpaired) electrons. The van der Waals surface area contributed by atoms with E-state index in [1.54, 1.807) is 13.0 Å². The van der Waals surface area contributed by atoms with Crippen LogP contribution in [0.5, 0.6) is 0 Å². The minimum Gasteiger partial charge on any atom is -0.465 e. The molecule has 6 nitrogen and oxygen atoms in total. The van der Waals surface area contributed by atoms with E-state index in [1.807, 2.05) is 0 Å². The van der Waals surface area contributed by atoms with Gasteiger partial charge >= 0.3 is 6.09 Å². The lowest BCUT2D eigenvalue weighted by atomic mass is 10.3. The van der Waals surface area contributed by atoms with E-state index in [0.29, 0.717) is 23.1 Å². The van der Waals surface area contributed by atoms with E-state index in [2.05, 4.69) is 26.3 Å². The summed E-state index contributed by atoms with van der Waals surface area (Å²) >= 11 is 3.14. The Morgan fingerprint density at radius 1 is 1.87 bits per heavy atom. The second-order valence-corrected chi connectivity index (χ2v) is 3.85. The lowest BCUT2D eigenvalue weighted by Gasteiger charge is -2.11. The predicted molar refractivity (Wildman–Crippen MR) is 55.9 cm³/mol. The molecule has 0 aromatic carbocycles. The molecule has 0 aliphatic rings. The Bertz CT molecular complexity index is 377. The maximum atomic E-state index is 10.6. The lowest BCUT2D eigenvalue weighted by Crippen LogP contribution is -2.35. The number of rotatable bonds is 4. The second kappa shape index (κ2) is 4.92. The Labute approximate surface area is 94.4 Å². The highest BCUT2D eigenvalue weighted by molar-refractivity contribution is 9.10. The molecule has 0 fully saturated rings. The van der Waals surface area contributed by atoms with Gasteiger partial charge in [0.05, 0.1) is 6.54 Å². The molecule has 1 rings (SSSR count). The van der Waals surface area contributed by atoms with Gasteiger partial charge in [-0.3, -0.25) is 9.48 Å². The highest BCUT2D eigenvalue weighted by Gasteiger charge is 2.10. The van der Waals surface area contributed by atoms with Gasteiger partial charge in [-0.1, -0.05) is 0 Å². The molecule has 0 aliphatic heterocycles. The van der Waals surface area contributed by atoms with Crippen LogP contribution >= 0.6 is 15.9 Å². The normalized spacial score (nSPS) is 12.1. The summed E-state index contributed by atoms with van der Waals surface area (Å²) in [5.74, 6) is 0. The number of aldehydes is 1. The van der Waals surface area contributed by atoms with Crippen molar-refractivity contribution >= 4 is 28.3 Å². The highest BCUT2D eigenvalue weighted by Crippen LogP contribution is 2.09. The summed E-state index contributed by atoms with van der Waals surface area (Å²) in [5, 5.41) is 14.7. The molecule has 82 valence electrons. The van der Waals surface area contributed by atoms with Gasteiger partial charge in [0.25, 0.3) is 0 Å². The Morgan fingerprint density at radius 3 is 3.07 bits per heavy atom. The maximum Gasteiger partial charge on any atom is 0.404 e. The van der Waals surface area contributed by atoms with Crippen LogP contribution in [0, 0.1) is 0 Å². The van der Waals surface area contributed by atoms with Crippen LogP contribution in [-0.4, -0.2) is 33.3 Å². The molecular weight excluding hydrogens is 266 g/mol. The van der Waals surface area contributed by atoms with E-state index in [0.717, 1.165) is 0 Å². The van der Waals surface area contributed by atoms with Gasteiger partial charge in [-0.2, -0.15) is 5.10 Å². The van der Waals surface area contributed by atoms with Gasteiger partial charge in [0.1, 0.15) is 10.3 Å². The van der Waals surface area contributed by atoms with Crippen LogP contribution in [0.2, 0.25) is 0 Å². The Kier molecular flexibility index (Phi) is 3.84. The number of nitrogens with one attached hydrogen (secondary N) is 1. The van der Waals surface area contributed by atoms with Gasteiger partial charge in [-0.05, 0) is 22.9 Å². The third-order valence-electron chi connectivity index (χ3n) is 1.72. The van der Waals surface area contributed by atoms with Gasteiger partial charge in [0.2, 0.25) is 0 Å². The second-order valence-electron chi connectivity index (χ2n) is 3.04. The van der Waals surface area contributed by atoms with Gasteiger partial charge in [0, 0.05) is 12.1 Å². The molecule has 1 aromatic heterocycles. The fourth-order valence-electron chi connectivity index (χ4n) is 1.16. The molecule has 0 saturated heterocycles. The fourth-order valence-corrected chi connectivity index (χ4v) is 1.58. The third-order valence-corrected chi connectivity index (χ3v) is 2.11. The molecule has 1 heterocycles.